The number of aromatic nitrogens is 5. The fourth-order valence-electron chi connectivity index (χ4n) is 6.80. The van der Waals surface area contributed by atoms with Crippen LogP contribution >= 0.6 is 0 Å². The molecule has 3 aromatic heterocycles. The molecule has 0 spiro atoms. The van der Waals surface area contributed by atoms with Gasteiger partial charge in [0.1, 0.15) is 18.0 Å². The number of halogens is 2. The highest BCUT2D eigenvalue weighted by molar-refractivity contribution is 6.08. The number of nitrogens with zero attached hydrogens (tertiary/aromatic N) is 8. The van der Waals surface area contributed by atoms with Crippen LogP contribution < -0.4 is 10.2 Å². The number of amides is 2. The van der Waals surface area contributed by atoms with Gasteiger partial charge in [0.2, 0.25) is 0 Å². The van der Waals surface area contributed by atoms with Crippen LogP contribution in [0.1, 0.15) is 59.8 Å². The quantitative estimate of drug-likeness (QED) is 0.239. The van der Waals surface area contributed by atoms with Gasteiger partial charge in [0, 0.05) is 58.2 Å². The topological polar surface area (TPSA) is 132 Å². The van der Waals surface area contributed by atoms with Crippen LogP contribution in [-0.4, -0.2) is 118 Å². The Kier molecular flexibility index (Phi) is 11.0. The molecule has 3 saturated heterocycles. The summed E-state index contributed by atoms with van der Waals surface area (Å²) in [5, 5.41) is 11.1. The number of anilines is 2. The summed E-state index contributed by atoms with van der Waals surface area (Å²) in [5.41, 5.74) is 0.989. The van der Waals surface area contributed by atoms with Crippen molar-refractivity contribution in [2.24, 2.45) is 0 Å². The first-order valence-electron chi connectivity index (χ1n) is 17.6. The molecule has 0 radical (unpaired) electrons. The van der Waals surface area contributed by atoms with Crippen molar-refractivity contribution in [2.75, 3.05) is 75.9 Å². The van der Waals surface area contributed by atoms with E-state index in [0.717, 1.165) is 50.9 Å². The number of carbonyl (C=O) groups excluding carboxylic acids is 2. The minimum absolute atomic E-state index is 0.0231. The van der Waals surface area contributed by atoms with Gasteiger partial charge in [-0.15, -0.1) is 0 Å². The van der Waals surface area contributed by atoms with Crippen molar-refractivity contribution in [1.29, 1.82) is 0 Å². The van der Waals surface area contributed by atoms with Crippen molar-refractivity contribution in [2.45, 2.75) is 50.9 Å². The molecule has 14 nitrogen and oxygen atoms in total. The van der Waals surface area contributed by atoms with Crippen molar-refractivity contribution in [1.82, 2.24) is 34.2 Å². The predicted octanol–water partition coefficient (Wildman–Crippen LogP) is 4.41. The first-order valence-corrected chi connectivity index (χ1v) is 17.6. The number of piperidine rings is 2. The lowest BCUT2D eigenvalue weighted by Gasteiger charge is -2.34. The minimum atomic E-state index is -2.86. The number of hydrogen-bond donors (Lipinski definition) is 1. The summed E-state index contributed by atoms with van der Waals surface area (Å²) in [7, 11) is 0. The third-order valence-electron chi connectivity index (χ3n) is 9.75. The molecule has 51 heavy (non-hydrogen) atoms. The molecule has 0 unspecified atom stereocenters. The molecule has 3 aliphatic rings. The Balaban J connectivity index is 0.867. The number of fused-ring (bicyclic) bond motifs is 1. The summed E-state index contributed by atoms with van der Waals surface area (Å²) >= 11 is 0. The van der Waals surface area contributed by atoms with Crippen molar-refractivity contribution in [3.8, 4) is 0 Å². The molecule has 3 aliphatic heterocycles. The molecule has 16 heteroatoms. The Morgan fingerprint density at radius 2 is 1.75 bits per heavy atom. The number of rotatable bonds is 11. The third-order valence-corrected chi connectivity index (χ3v) is 9.75. The number of carbonyl (C=O) groups is 2. The summed E-state index contributed by atoms with van der Waals surface area (Å²) in [6.07, 6.45) is 4.53. The second-order valence-electron chi connectivity index (χ2n) is 13.0. The number of likely N-dealkylation sites (tertiary alicyclic amines) is 2. The lowest BCUT2D eigenvalue weighted by molar-refractivity contribution is -0.00583. The molecular weight excluding hydrogens is 664 g/mol. The zero-order valence-corrected chi connectivity index (χ0v) is 28.4. The van der Waals surface area contributed by atoms with Gasteiger partial charge < -0.3 is 34.2 Å². The van der Waals surface area contributed by atoms with E-state index in [1.54, 1.807) is 15.8 Å². The molecule has 6 heterocycles. The molecule has 0 aliphatic carbocycles. The molecule has 0 saturated carbocycles. The second kappa shape index (κ2) is 16.1. The Labute approximate surface area is 294 Å². The maximum absolute atomic E-state index is 14.1. The molecule has 1 aromatic carbocycles. The summed E-state index contributed by atoms with van der Waals surface area (Å²) in [4.78, 5) is 36.6. The standard InChI is InChI=1S/C35H43F2N9O5/c36-32(37)31-29(39-34(47)28-22-38-45-15-10-30(40-33(28)45)43-17-19-49-20-18-43)23-46(41-31)26-6-11-42(12-7-26)16-21-50-27-8-13-44(14-9-27)35(48)51-24-25-4-2-1-3-5-25/h1-5,10,15,22-23,26-27,32H,6-9,11-14,16-21,24H2,(H,39,47). The van der Waals surface area contributed by atoms with Gasteiger partial charge in [-0.1, -0.05) is 30.3 Å². The molecule has 1 N–H and O–H groups in total. The van der Waals surface area contributed by atoms with Gasteiger partial charge >= 0.3 is 6.09 Å². The Morgan fingerprint density at radius 1 is 0.980 bits per heavy atom. The van der Waals surface area contributed by atoms with E-state index >= 15 is 0 Å². The lowest BCUT2D eigenvalue weighted by atomic mass is 10.1. The summed E-state index contributed by atoms with van der Waals surface area (Å²) < 4.78 is 48.3. The van der Waals surface area contributed by atoms with E-state index in [1.165, 1.54) is 16.9 Å². The van der Waals surface area contributed by atoms with E-state index in [0.29, 0.717) is 57.5 Å². The van der Waals surface area contributed by atoms with Crippen LogP contribution in [0.5, 0.6) is 0 Å². The van der Waals surface area contributed by atoms with E-state index in [-0.39, 0.29) is 36.1 Å². The second-order valence-corrected chi connectivity index (χ2v) is 13.0. The molecule has 4 aromatic rings. The normalized spacial score (nSPS) is 18.1. The fraction of sp³-hybridized carbons (Fsp3) is 0.514. The van der Waals surface area contributed by atoms with Crippen LogP contribution in [0.15, 0.2) is 55.0 Å². The SMILES string of the molecule is O=C(Nc1cn(C2CCN(CCOC3CCN(C(=O)OCc4ccccc4)CC3)CC2)nc1C(F)F)c1cnn2ccc(N3CCOCC3)nc12. The van der Waals surface area contributed by atoms with E-state index in [9.17, 15) is 18.4 Å². The van der Waals surface area contributed by atoms with Crippen LogP contribution in [-0.2, 0) is 20.8 Å². The zero-order chi connectivity index (χ0) is 35.2. The Morgan fingerprint density at radius 3 is 2.49 bits per heavy atom. The minimum Gasteiger partial charge on any atom is -0.445 e. The smallest absolute Gasteiger partial charge is 0.410 e. The van der Waals surface area contributed by atoms with Crippen molar-refractivity contribution >= 4 is 29.2 Å². The fourth-order valence-corrected chi connectivity index (χ4v) is 6.80. The van der Waals surface area contributed by atoms with Crippen molar-refractivity contribution in [3.63, 3.8) is 0 Å². The Hall–Kier alpha value is -4.67. The lowest BCUT2D eigenvalue weighted by Crippen LogP contribution is -2.42. The molecule has 3 fully saturated rings. The van der Waals surface area contributed by atoms with Crippen LogP contribution in [0.4, 0.5) is 25.1 Å². The van der Waals surface area contributed by atoms with Crippen LogP contribution in [0.3, 0.4) is 0 Å². The molecule has 2 amide bonds. The monoisotopic (exact) mass is 707 g/mol. The van der Waals surface area contributed by atoms with Gasteiger partial charge in [0.05, 0.1) is 43.9 Å². The van der Waals surface area contributed by atoms with Gasteiger partial charge in [0.15, 0.2) is 11.3 Å². The van der Waals surface area contributed by atoms with E-state index in [4.69, 9.17) is 14.2 Å². The number of hydrogen-bond acceptors (Lipinski definition) is 10. The highest BCUT2D eigenvalue weighted by atomic mass is 19.3. The maximum atomic E-state index is 14.1. The van der Waals surface area contributed by atoms with Gasteiger partial charge in [-0.05, 0) is 37.3 Å². The highest BCUT2D eigenvalue weighted by Gasteiger charge is 2.28. The van der Waals surface area contributed by atoms with E-state index in [2.05, 4.69) is 30.3 Å². The molecule has 7 rings (SSSR count). The van der Waals surface area contributed by atoms with Crippen LogP contribution in [0, 0.1) is 0 Å². The summed E-state index contributed by atoms with van der Waals surface area (Å²) in [6.45, 7) is 6.87. The third kappa shape index (κ3) is 8.45. The molecule has 0 bridgehead atoms. The number of ether oxygens (including phenoxy) is 3. The number of benzene rings is 1. The number of morpholine rings is 1. The average Bonchev–Trinajstić information content (AvgIpc) is 3.80. The first kappa shape index (κ1) is 34.8. The van der Waals surface area contributed by atoms with Gasteiger partial charge in [-0.3, -0.25) is 9.48 Å². The van der Waals surface area contributed by atoms with Crippen LogP contribution in [0.2, 0.25) is 0 Å². The van der Waals surface area contributed by atoms with Crippen molar-refractivity contribution in [3.05, 3.63) is 71.8 Å². The average molecular weight is 708 g/mol. The summed E-state index contributed by atoms with van der Waals surface area (Å²) in [5.74, 6) is 0.111. The predicted molar refractivity (Wildman–Crippen MR) is 183 cm³/mol. The zero-order valence-electron chi connectivity index (χ0n) is 28.4. The van der Waals surface area contributed by atoms with Gasteiger partial charge in [-0.25, -0.2) is 23.1 Å². The summed E-state index contributed by atoms with van der Waals surface area (Å²) in [6, 6.07) is 11.4. The Bertz CT molecular complexity index is 1770. The molecule has 272 valence electrons. The van der Waals surface area contributed by atoms with Crippen molar-refractivity contribution < 1.29 is 32.6 Å². The number of alkyl halides is 2. The van der Waals surface area contributed by atoms with E-state index < -0.39 is 18.0 Å². The van der Waals surface area contributed by atoms with E-state index in [1.807, 2.05) is 36.4 Å². The van der Waals surface area contributed by atoms with Gasteiger partial charge in [-0.2, -0.15) is 10.2 Å². The largest absolute Gasteiger partial charge is 0.445 e. The molecule has 0 atom stereocenters. The van der Waals surface area contributed by atoms with Crippen LogP contribution in [0.25, 0.3) is 5.65 Å². The maximum Gasteiger partial charge on any atom is 0.410 e. The highest BCUT2D eigenvalue weighted by Crippen LogP contribution is 2.31. The molecular formula is C35H43F2N9O5. The first-order chi connectivity index (χ1) is 24.9. The van der Waals surface area contributed by atoms with Gasteiger partial charge in [0.25, 0.3) is 12.3 Å². The number of nitrogens with one attached hydrogen (secondary N) is 1.